The molecule has 1 aliphatic heterocycles. The average molecular weight is 318 g/mol. The molecule has 0 bridgehead atoms. The van der Waals surface area contributed by atoms with E-state index >= 15 is 0 Å². The van der Waals surface area contributed by atoms with Crippen LogP contribution in [0, 0.1) is 5.92 Å². The van der Waals surface area contributed by atoms with E-state index in [-0.39, 0.29) is 23.8 Å². The molecule has 0 radical (unpaired) electrons. The van der Waals surface area contributed by atoms with Crippen LogP contribution in [0.2, 0.25) is 0 Å². The van der Waals surface area contributed by atoms with E-state index in [9.17, 15) is 14.7 Å². The van der Waals surface area contributed by atoms with Gasteiger partial charge in [-0.3, -0.25) is 9.59 Å². The summed E-state index contributed by atoms with van der Waals surface area (Å²) in [7, 11) is 0. The first-order chi connectivity index (χ1) is 11.1. The van der Waals surface area contributed by atoms with Gasteiger partial charge in [0.1, 0.15) is 0 Å². The zero-order valence-corrected chi connectivity index (χ0v) is 13.7. The first kappa shape index (κ1) is 17.5. The maximum absolute atomic E-state index is 12.2. The standard InChI is InChI=1S/C18H26N2O3/c1-14(21)16-9-6-12-20(13-16)17(22)10-5-11-19-18(23)15-7-3-2-4-8-15/h2-4,7-8,14,16,21H,5-6,9-13H2,1H3,(H,19,23). The molecule has 0 aliphatic carbocycles. The number of hydrogen-bond donors (Lipinski definition) is 2. The molecule has 2 amide bonds. The summed E-state index contributed by atoms with van der Waals surface area (Å²) in [5, 5.41) is 12.5. The van der Waals surface area contributed by atoms with E-state index in [1.165, 1.54) is 0 Å². The number of hydrogen-bond acceptors (Lipinski definition) is 3. The molecule has 0 spiro atoms. The zero-order valence-electron chi connectivity index (χ0n) is 13.7. The number of likely N-dealkylation sites (tertiary alicyclic amines) is 1. The molecule has 126 valence electrons. The number of aliphatic hydroxyl groups is 1. The van der Waals surface area contributed by atoms with Gasteiger partial charge in [0.15, 0.2) is 0 Å². The maximum Gasteiger partial charge on any atom is 0.251 e. The lowest BCUT2D eigenvalue weighted by Crippen LogP contribution is -2.43. The van der Waals surface area contributed by atoms with Crippen molar-refractivity contribution in [3.63, 3.8) is 0 Å². The lowest BCUT2D eigenvalue weighted by molar-refractivity contribution is -0.133. The number of nitrogens with zero attached hydrogens (tertiary/aromatic N) is 1. The Morgan fingerprint density at radius 1 is 1.35 bits per heavy atom. The highest BCUT2D eigenvalue weighted by atomic mass is 16.3. The molecule has 23 heavy (non-hydrogen) atoms. The molecule has 2 atom stereocenters. The van der Waals surface area contributed by atoms with Gasteiger partial charge in [-0.1, -0.05) is 18.2 Å². The second kappa shape index (κ2) is 8.67. The molecule has 1 aromatic carbocycles. The zero-order chi connectivity index (χ0) is 16.7. The van der Waals surface area contributed by atoms with Crippen LogP contribution in [-0.4, -0.2) is 47.6 Å². The van der Waals surface area contributed by atoms with Crippen LogP contribution in [0.4, 0.5) is 0 Å². The molecule has 0 aromatic heterocycles. The minimum absolute atomic E-state index is 0.106. The van der Waals surface area contributed by atoms with Crippen LogP contribution in [-0.2, 0) is 4.79 Å². The van der Waals surface area contributed by atoms with Crippen molar-refractivity contribution in [1.29, 1.82) is 0 Å². The van der Waals surface area contributed by atoms with Gasteiger partial charge in [-0.25, -0.2) is 0 Å². The van der Waals surface area contributed by atoms with E-state index in [2.05, 4.69) is 5.32 Å². The molecule has 2 N–H and O–H groups in total. The Hall–Kier alpha value is -1.88. The van der Waals surface area contributed by atoms with Gasteiger partial charge in [0.05, 0.1) is 6.10 Å². The van der Waals surface area contributed by atoms with Crippen LogP contribution >= 0.6 is 0 Å². The van der Waals surface area contributed by atoms with Crippen molar-refractivity contribution >= 4 is 11.8 Å². The molecular formula is C18H26N2O3. The van der Waals surface area contributed by atoms with Crippen molar-refractivity contribution < 1.29 is 14.7 Å². The van der Waals surface area contributed by atoms with Gasteiger partial charge in [0.2, 0.25) is 5.91 Å². The quantitative estimate of drug-likeness (QED) is 0.786. The Bertz CT molecular complexity index is 516. The van der Waals surface area contributed by atoms with Crippen molar-refractivity contribution in [2.24, 2.45) is 5.92 Å². The van der Waals surface area contributed by atoms with Gasteiger partial charge in [-0.15, -0.1) is 0 Å². The van der Waals surface area contributed by atoms with Crippen LogP contribution in [0.1, 0.15) is 43.0 Å². The molecule has 2 rings (SSSR count). The first-order valence-electron chi connectivity index (χ1n) is 8.37. The molecule has 1 heterocycles. The number of rotatable bonds is 6. The van der Waals surface area contributed by atoms with Crippen LogP contribution in [0.5, 0.6) is 0 Å². The molecule has 2 unspecified atom stereocenters. The van der Waals surface area contributed by atoms with Gasteiger partial charge < -0.3 is 15.3 Å². The third-order valence-corrected chi connectivity index (χ3v) is 4.38. The minimum Gasteiger partial charge on any atom is -0.393 e. The monoisotopic (exact) mass is 318 g/mol. The fourth-order valence-electron chi connectivity index (χ4n) is 2.92. The minimum atomic E-state index is -0.365. The van der Waals surface area contributed by atoms with Crippen LogP contribution in [0.3, 0.4) is 0 Å². The second-order valence-corrected chi connectivity index (χ2v) is 6.21. The third-order valence-electron chi connectivity index (χ3n) is 4.38. The molecule has 1 fully saturated rings. The molecule has 5 nitrogen and oxygen atoms in total. The van der Waals surface area contributed by atoms with Gasteiger partial charge in [-0.05, 0) is 38.3 Å². The van der Waals surface area contributed by atoms with Crippen molar-refractivity contribution in [3.05, 3.63) is 35.9 Å². The van der Waals surface area contributed by atoms with E-state index in [4.69, 9.17) is 0 Å². The summed E-state index contributed by atoms with van der Waals surface area (Å²) in [5.74, 6) is 0.194. The maximum atomic E-state index is 12.2. The summed E-state index contributed by atoms with van der Waals surface area (Å²) in [6, 6.07) is 9.06. The number of piperidine rings is 1. The predicted octanol–water partition coefficient (Wildman–Crippen LogP) is 1.82. The molecule has 0 saturated carbocycles. The smallest absolute Gasteiger partial charge is 0.251 e. The first-order valence-corrected chi connectivity index (χ1v) is 8.37. The van der Waals surface area contributed by atoms with Crippen molar-refractivity contribution in [2.75, 3.05) is 19.6 Å². The summed E-state index contributed by atoms with van der Waals surface area (Å²) in [6.45, 7) is 3.70. The number of nitrogens with one attached hydrogen (secondary N) is 1. The van der Waals surface area contributed by atoms with E-state index in [1.54, 1.807) is 19.1 Å². The third kappa shape index (κ3) is 5.36. The number of amides is 2. The lowest BCUT2D eigenvalue weighted by Gasteiger charge is -2.34. The summed E-state index contributed by atoms with van der Waals surface area (Å²) in [6.07, 6.45) is 2.63. The number of carbonyl (C=O) groups is 2. The highest BCUT2D eigenvalue weighted by Gasteiger charge is 2.25. The Morgan fingerprint density at radius 2 is 2.09 bits per heavy atom. The van der Waals surface area contributed by atoms with E-state index in [0.29, 0.717) is 31.5 Å². The topological polar surface area (TPSA) is 69.6 Å². The number of benzene rings is 1. The summed E-state index contributed by atoms with van der Waals surface area (Å²) in [4.78, 5) is 25.9. The van der Waals surface area contributed by atoms with Gasteiger partial charge in [0, 0.05) is 37.5 Å². The normalized spacial score (nSPS) is 19.2. The summed E-state index contributed by atoms with van der Waals surface area (Å²) >= 11 is 0. The van der Waals surface area contributed by atoms with Crippen LogP contribution in [0.15, 0.2) is 30.3 Å². The number of carbonyl (C=O) groups excluding carboxylic acids is 2. The van der Waals surface area contributed by atoms with Crippen LogP contribution < -0.4 is 5.32 Å². The van der Waals surface area contributed by atoms with Crippen molar-refractivity contribution in [2.45, 2.75) is 38.7 Å². The molecule has 1 aliphatic rings. The van der Waals surface area contributed by atoms with E-state index in [0.717, 1.165) is 19.4 Å². The fourth-order valence-corrected chi connectivity index (χ4v) is 2.92. The Kier molecular flexibility index (Phi) is 6.59. The van der Waals surface area contributed by atoms with E-state index in [1.807, 2.05) is 23.1 Å². The molecule has 1 aromatic rings. The lowest BCUT2D eigenvalue weighted by atomic mass is 9.93. The Morgan fingerprint density at radius 3 is 2.78 bits per heavy atom. The van der Waals surface area contributed by atoms with Gasteiger partial charge in [-0.2, -0.15) is 0 Å². The second-order valence-electron chi connectivity index (χ2n) is 6.21. The molecule has 1 saturated heterocycles. The summed E-state index contributed by atoms with van der Waals surface area (Å²) < 4.78 is 0. The Balaban J connectivity index is 1.68. The highest BCUT2D eigenvalue weighted by molar-refractivity contribution is 5.94. The van der Waals surface area contributed by atoms with Gasteiger partial charge in [0.25, 0.3) is 5.91 Å². The average Bonchev–Trinajstić information content (AvgIpc) is 2.59. The van der Waals surface area contributed by atoms with Crippen LogP contribution in [0.25, 0.3) is 0 Å². The molecular weight excluding hydrogens is 292 g/mol. The SMILES string of the molecule is CC(O)C1CCCN(C(=O)CCCNC(=O)c2ccccc2)C1. The summed E-state index contributed by atoms with van der Waals surface area (Å²) in [5.41, 5.74) is 0.634. The van der Waals surface area contributed by atoms with E-state index < -0.39 is 0 Å². The van der Waals surface area contributed by atoms with Gasteiger partial charge >= 0.3 is 0 Å². The number of aliphatic hydroxyl groups excluding tert-OH is 1. The van der Waals surface area contributed by atoms with Crippen molar-refractivity contribution in [3.8, 4) is 0 Å². The predicted molar refractivity (Wildman–Crippen MR) is 89.0 cm³/mol. The molecule has 5 heteroatoms. The fraction of sp³-hybridized carbons (Fsp3) is 0.556. The Labute approximate surface area is 137 Å². The largest absolute Gasteiger partial charge is 0.393 e. The highest BCUT2D eigenvalue weighted by Crippen LogP contribution is 2.20. The van der Waals surface area contributed by atoms with Crippen molar-refractivity contribution in [1.82, 2.24) is 10.2 Å².